The van der Waals surface area contributed by atoms with E-state index in [-0.39, 0.29) is 12.1 Å². The highest BCUT2D eigenvalue weighted by Crippen LogP contribution is 2.38. The van der Waals surface area contributed by atoms with Crippen LogP contribution < -0.4 is 5.32 Å². The summed E-state index contributed by atoms with van der Waals surface area (Å²) in [6.07, 6.45) is 2.53. The number of rotatable bonds is 2. The van der Waals surface area contributed by atoms with Crippen LogP contribution in [0.3, 0.4) is 0 Å². The summed E-state index contributed by atoms with van der Waals surface area (Å²) < 4.78 is 1.98. The Kier molecular flexibility index (Phi) is 3.54. The van der Waals surface area contributed by atoms with Crippen LogP contribution in [0, 0.1) is 6.92 Å². The molecule has 1 N–H and O–H groups in total. The van der Waals surface area contributed by atoms with E-state index in [4.69, 9.17) is 11.6 Å². The average molecular weight is 325 g/mol. The van der Waals surface area contributed by atoms with Gasteiger partial charge in [0, 0.05) is 5.02 Å². The van der Waals surface area contributed by atoms with Gasteiger partial charge in [-0.15, -0.1) is 0 Å². The second kappa shape index (κ2) is 5.70. The summed E-state index contributed by atoms with van der Waals surface area (Å²) in [5.74, 6) is 0.810. The monoisotopic (exact) mass is 324 g/mol. The Morgan fingerprint density at radius 2 is 1.91 bits per heavy atom. The molecule has 4 nitrogen and oxygen atoms in total. The first kappa shape index (κ1) is 14.3. The van der Waals surface area contributed by atoms with Crippen LogP contribution in [0.25, 0.3) is 0 Å². The van der Waals surface area contributed by atoms with Crippen LogP contribution in [-0.4, -0.2) is 14.8 Å². The molecule has 1 aliphatic heterocycles. The van der Waals surface area contributed by atoms with Crippen LogP contribution in [0.4, 0.5) is 5.95 Å². The summed E-state index contributed by atoms with van der Waals surface area (Å²) in [5.41, 5.74) is 3.78. The van der Waals surface area contributed by atoms with Gasteiger partial charge >= 0.3 is 0 Å². The van der Waals surface area contributed by atoms with E-state index in [9.17, 15) is 0 Å². The molecule has 4 rings (SSSR count). The highest BCUT2D eigenvalue weighted by Gasteiger charge is 2.30. The topological polar surface area (TPSA) is 42.7 Å². The van der Waals surface area contributed by atoms with Crippen molar-refractivity contribution in [2.24, 2.45) is 0 Å². The summed E-state index contributed by atoms with van der Waals surface area (Å²) in [4.78, 5) is 4.37. The number of halogens is 1. The van der Waals surface area contributed by atoms with Gasteiger partial charge in [0.1, 0.15) is 6.33 Å². The number of hydrogen-bond acceptors (Lipinski definition) is 3. The molecule has 1 aromatic heterocycles. The van der Waals surface area contributed by atoms with E-state index in [2.05, 4.69) is 58.7 Å². The predicted molar refractivity (Wildman–Crippen MR) is 91.8 cm³/mol. The maximum Gasteiger partial charge on any atom is 0.222 e. The smallest absolute Gasteiger partial charge is 0.222 e. The number of nitrogens with one attached hydrogen (secondary N) is 1. The lowest BCUT2D eigenvalue weighted by Gasteiger charge is -2.32. The number of fused-ring (bicyclic) bond motifs is 1. The standard InChI is InChI=1S/C18H17ClN4/c1-12-4-2-3-5-15(12)17-10-16(13-6-8-14(19)9-7-13)22-18-20-11-21-23(17)18/h2-9,11,16-17H,10H2,1H3,(H,20,21,22)/t16-,17+/m1/s1. The van der Waals surface area contributed by atoms with E-state index in [0.29, 0.717) is 0 Å². The highest BCUT2D eigenvalue weighted by atomic mass is 35.5. The molecule has 0 saturated carbocycles. The normalized spacial score (nSPS) is 19.9. The lowest BCUT2D eigenvalue weighted by Crippen LogP contribution is -2.28. The van der Waals surface area contributed by atoms with E-state index >= 15 is 0 Å². The van der Waals surface area contributed by atoms with Crippen molar-refractivity contribution in [1.82, 2.24) is 14.8 Å². The Bertz CT molecular complexity index is 825. The molecule has 3 aromatic rings. The Morgan fingerprint density at radius 1 is 1.13 bits per heavy atom. The summed E-state index contributed by atoms with van der Waals surface area (Å²) in [6, 6.07) is 16.8. The first-order valence-electron chi connectivity index (χ1n) is 7.69. The van der Waals surface area contributed by atoms with E-state index in [1.54, 1.807) is 6.33 Å². The number of anilines is 1. The van der Waals surface area contributed by atoms with Crippen molar-refractivity contribution in [2.75, 3.05) is 5.32 Å². The Labute approximate surface area is 140 Å². The van der Waals surface area contributed by atoms with Gasteiger partial charge in [0.15, 0.2) is 0 Å². The number of aryl methyl sites for hydroxylation is 1. The van der Waals surface area contributed by atoms with Crippen LogP contribution in [0.2, 0.25) is 5.02 Å². The summed E-state index contributed by atoms with van der Waals surface area (Å²) >= 11 is 6.01. The fraction of sp³-hybridized carbons (Fsp3) is 0.222. The van der Waals surface area contributed by atoms with Crippen molar-refractivity contribution in [3.05, 3.63) is 76.6 Å². The first-order chi connectivity index (χ1) is 11.2. The van der Waals surface area contributed by atoms with Crippen LogP contribution in [0.15, 0.2) is 54.9 Å². The second-order valence-electron chi connectivity index (χ2n) is 5.88. The van der Waals surface area contributed by atoms with Crippen LogP contribution in [0.5, 0.6) is 0 Å². The molecule has 23 heavy (non-hydrogen) atoms. The van der Waals surface area contributed by atoms with Crippen molar-refractivity contribution >= 4 is 17.5 Å². The molecule has 2 atom stereocenters. The van der Waals surface area contributed by atoms with Crippen molar-refractivity contribution in [3.8, 4) is 0 Å². The van der Waals surface area contributed by atoms with E-state index < -0.39 is 0 Å². The van der Waals surface area contributed by atoms with Gasteiger partial charge in [-0.25, -0.2) is 4.68 Å². The third-order valence-corrected chi connectivity index (χ3v) is 4.70. The maximum absolute atomic E-state index is 6.01. The molecule has 0 bridgehead atoms. The predicted octanol–water partition coefficient (Wildman–Crippen LogP) is 4.39. The zero-order valence-electron chi connectivity index (χ0n) is 12.8. The molecule has 0 spiro atoms. The number of hydrogen-bond donors (Lipinski definition) is 1. The fourth-order valence-corrected chi connectivity index (χ4v) is 3.38. The Morgan fingerprint density at radius 3 is 2.70 bits per heavy atom. The summed E-state index contributed by atoms with van der Waals surface area (Å²) in [5, 5.41) is 8.65. The molecule has 0 unspecified atom stereocenters. The molecule has 1 aliphatic rings. The largest absolute Gasteiger partial charge is 0.348 e. The Hall–Kier alpha value is -2.33. The second-order valence-corrected chi connectivity index (χ2v) is 6.32. The third kappa shape index (κ3) is 2.59. The zero-order valence-corrected chi connectivity index (χ0v) is 13.5. The summed E-state index contributed by atoms with van der Waals surface area (Å²) in [6.45, 7) is 2.14. The van der Waals surface area contributed by atoms with Gasteiger partial charge in [0.2, 0.25) is 5.95 Å². The highest BCUT2D eigenvalue weighted by molar-refractivity contribution is 6.30. The van der Waals surface area contributed by atoms with Gasteiger partial charge in [-0.3, -0.25) is 0 Å². The molecular formula is C18H17ClN4. The number of aromatic nitrogens is 3. The van der Waals surface area contributed by atoms with Crippen molar-refractivity contribution in [2.45, 2.75) is 25.4 Å². The molecule has 5 heteroatoms. The minimum Gasteiger partial charge on any atom is -0.348 e. The van der Waals surface area contributed by atoms with Gasteiger partial charge < -0.3 is 5.32 Å². The fourth-order valence-electron chi connectivity index (χ4n) is 3.25. The van der Waals surface area contributed by atoms with Crippen LogP contribution >= 0.6 is 11.6 Å². The Balaban J connectivity index is 1.75. The number of benzene rings is 2. The lowest BCUT2D eigenvalue weighted by atomic mass is 9.91. The van der Waals surface area contributed by atoms with Crippen molar-refractivity contribution in [3.63, 3.8) is 0 Å². The molecule has 0 radical (unpaired) electrons. The van der Waals surface area contributed by atoms with Crippen LogP contribution in [-0.2, 0) is 0 Å². The third-order valence-electron chi connectivity index (χ3n) is 4.45. The van der Waals surface area contributed by atoms with E-state index in [1.807, 2.05) is 16.8 Å². The zero-order chi connectivity index (χ0) is 15.8. The van der Waals surface area contributed by atoms with Gasteiger partial charge in [0.05, 0.1) is 12.1 Å². The average Bonchev–Trinajstić information content (AvgIpc) is 3.04. The minimum atomic E-state index is 0.177. The van der Waals surface area contributed by atoms with Gasteiger partial charge in [-0.1, -0.05) is 48.0 Å². The van der Waals surface area contributed by atoms with Crippen molar-refractivity contribution < 1.29 is 0 Å². The minimum absolute atomic E-state index is 0.177. The molecular weight excluding hydrogens is 308 g/mol. The SMILES string of the molecule is Cc1ccccc1[C@@H]1C[C@H](c2ccc(Cl)cc2)Nc2ncnn21. The summed E-state index contributed by atoms with van der Waals surface area (Å²) in [7, 11) is 0. The van der Waals surface area contributed by atoms with Crippen molar-refractivity contribution in [1.29, 1.82) is 0 Å². The molecule has 2 aromatic carbocycles. The molecule has 116 valence electrons. The molecule has 0 aliphatic carbocycles. The molecule has 0 amide bonds. The molecule has 0 fully saturated rings. The van der Waals surface area contributed by atoms with E-state index in [1.165, 1.54) is 16.7 Å². The molecule has 2 heterocycles. The van der Waals surface area contributed by atoms with Gasteiger partial charge in [-0.2, -0.15) is 10.1 Å². The van der Waals surface area contributed by atoms with E-state index in [0.717, 1.165) is 17.4 Å². The molecule has 0 saturated heterocycles. The lowest BCUT2D eigenvalue weighted by molar-refractivity contribution is 0.429. The maximum atomic E-state index is 6.01. The first-order valence-corrected chi connectivity index (χ1v) is 8.07. The van der Waals surface area contributed by atoms with Crippen LogP contribution in [0.1, 0.15) is 35.2 Å². The number of nitrogens with zero attached hydrogens (tertiary/aromatic N) is 3. The quantitative estimate of drug-likeness (QED) is 0.760. The van der Waals surface area contributed by atoms with Gasteiger partial charge in [0.25, 0.3) is 0 Å². The van der Waals surface area contributed by atoms with Gasteiger partial charge in [-0.05, 0) is 42.2 Å².